The Bertz CT molecular complexity index is 390. The SMILES string of the molecule is CN(C)c1nc(N)nc(NCC2CC(O)C2)n1. The lowest BCUT2D eigenvalue weighted by Gasteiger charge is -2.31. The zero-order valence-corrected chi connectivity index (χ0v) is 10.1. The van der Waals surface area contributed by atoms with Gasteiger partial charge in [-0.05, 0) is 18.8 Å². The van der Waals surface area contributed by atoms with E-state index in [0.29, 0.717) is 17.8 Å². The summed E-state index contributed by atoms with van der Waals surface area (Å²) in [5.74, 6) is 1.72. The van der Waals surface area contributed by atoms with Crippen molar-refractivity contribution in [3.8, 4) is 0 Å². The number of aliphatic hydroxyl groups excluding tert-OH is 1. The fourth-order valence-electron chi connectivity index (χ4n) is 1.76. The maximum Gasteiger partial charge on any atom is 0.231 e. The first-order valence-corrected chi connectivity index (χ1v) is 5.65. The minimum Gasteiger partial charge on any atom is -0.393 e. The molecule has 1 saturated carbocycles. The third-order valence-electron chi connectivity index (χ3n) is 2.80. The van der Waals surface area contributed by atoms with E-state index in [1.807, 2.05) is 14.1 Å². The maximum absolute atomic E-state index is 9.18. The Morgan fingerprint density at radius 3 is 2.65 bits per heavy atom. The highest BCUT2D eigenvalue weighted by Crippen LogP contribution is 2.27. The Morgan fingerprint density at radius 1 is 1.35 bits per heavy atom. The van der Waals surface area contributed by atoms with Crippen LogP contribution in [-0.2, 0) is 0 Å². The molecule has 0 bridgehead atoms. The molecule has 94 valence electrons. The van der Waals surface area contributed by atoms with Crippen molar-refractivity contribution in [3.05, 3.63) is 0 Å². The number of aromatic nitrogens is 3. The molecule has 0 unspecified atom stereocenters. The molecule has 4 N–H and O–H groups in total. The average molecular weight is 238 g/mol. The summed E-state index contributed by atoms with van der Waals surface area (Å²) >= 11 is 0. The molecular formula is C10H18N6O. The highest BCUT2D eigenvalue weighted by Gasteiger charge is 2.26. The number of hydrogen-bond acceptors (Lipinski definition) is 7. The van der Waals surface area contributed by atoms with Crippen molar-refractivity contribution >= 4 is 17.8 Å². The number of anilines is 3. The van der Waals surface area contributed by atoms with E-state index in [0.717, 1.165) is 19.4 Å². The van der Waals surface area contributed by atoms with Gasteiger partial charge in [0.2, 0.25) is 17.8 Å². The summed E-state index contributed by atoms with van der Waals surface area (Å²) in [6.45, 7) is 0.757. The first-order valence-electron chi connectivity index (χ1n) is 5.65. The number of rotatable bonds is 4. The minimum absolute atomic E-state index is 0.137. The van der Waals surface area contributed by atoms with E-state index in [1.165, 1.54) is 0 Å². The van der Waals surface area contributed by atoms with E-state index in [9.17, 15) is 5.11 Å². The lowest BCUT2D eigenvalue weighted by atomic mass is 9.82. The van der Waals surface area contributed by atoms with Crippen LogP contribution < -0.4 is 16.0 Å². The standard InChI is InChI=1S/C10H18N6O/c1-16(2)10-14-8(11)13-9(15-10)12-5-6-3-7(17)4-6/h6-7,17H,3-5H2,1-2H3,(H3,11,12,13,14,15). The molecule has 0 radical (unpaired) electrons. The molecule has 7 nitrogen and oxygen atoms in total. The van der Waals surface area contributed by atoms with Gasteiger partial charge in [0.1, 0.15) is 0 Å². The van der Waals surface area contributed by atoms with Gasteiger partial charge in [-0.1, -0.05) is 0 Å². The number of nitrogen functional groups attached to an aromatic ring is 1. The van der Waals surface area contributed by atoms with Crippen molar-refractivity contribution in [1.29, 1.82) is 0 Å². The summed E-state index contributed by atoms with van der Waals surface area (Å²) in [5, 5.41) is 12.3. The summed E-state index contributed by atoms with van der Waals surface area (Å²) in [7, 11) is 3.70. The molecule has 7 heteroatoms. The van der Waals surface area contributed by atoms with Crippen molar-refractivity contribution in [2.24, 2.45) is 5.92 Å². The molecule has 1 aliphatic rings. The van der Waals surface area contributed by atoms with E-state index < -0.39 is 0 Å². The summed E-state index contributed by atoms with van der Waals surface area (Å²) in [6.07, 6.45) is 1.55. The summed E-state index contributed by atoms with van der Waals surface area (Å²) < 4.78 is 0. The van der Waals surface area contributed by atoms with Crippen LogP contribution in [0.25, 0.3) is 0 Å². The molecular weight excluding hydrogens is 220 g/mol. The van der Waals surface area contributed by atoms with Crippen LogP contribution in [-0.4, -0.2) is 46.8 Å². The van der Waals surface area contributed by atoms with Gasteiger partial charge in [0.25, 0.3) is 0 Å². The maximum atomic E-state index is 9.18. The zero-order chi connectivity index (χ0) is 12.4. The largest absolute Gasteiger partial charge is 0.393 e. The molecule has 0 amide bonds. The van der Waals surface area contributed by atoms with Crippen molar-refractivity contribution < 1.29 is 5.11 Å². The monoisotopic (exact) mass is 238 g/mol. The molecule has 1 fully saturated rings. The van der Waals surface area contributed by atoms with Gasteiger partial charge in [-0.25, -0.2) is 0 Å². The van der Waals surface area contributed by atoms with E-state index in [4.69, 9.17) is 5.73 Å². The Labute approximate surface area is 100 Å². The molecule has 0 aromatic carbocycles. The van der Waals surface area contributed by atoms with Crippen LogP contribution >= 0.6 is 0 Å². The Morgan fingerprint density at radius 2 is 2.06 bits per heavy atom. The van der Waals surface area contributed by atoms with Crippen LogP contribution in [0.1, 0.15) is 12.8 Å². The lowest BCUT2D eigenvalue weighted by Crippen LogP contribution is -2.33. The first-order chi connectivity index (χ1) is 8.04. The molecule has 1 aromatic rings. The fourth-order valence-corrected chi connectivity index (χ4v) is 1.76. The smallest absolute Gasteiger partial charge is 0.231 e. The van der Waals surface area contributed by atoms with Gasteiger partial charge >= 0.3 is 0 Å². The van der Waals surface area contributed by atoms with Gasteiger partial charge in [0.15, 0.2) is 0 Å². The van der Waals surface area contributed by atoms with Crippen LogP contribution in [0.3, 0.4) is 0 Å². The molecule has 1 heterocycles. The van der Waals surface area contributed by atoms with E-state index in [-0.39, 0.29) is 12.1 Å². The number of nitrogens with zero attached hydrogens (tertiary/aromatic N) is 4. The second kappa shape index (κ2) is 4.70. The summed E-state index contributed by atoms with van der Waals surface area (Å²) in [4.78, 5) is 14.0. The van der Waals surface area contributed by atoms with Crippen LogP contribution in [0.2, 0.25) is 0 Å². The van der Waals surface area contributed by atoms with Gasteiger partial charge in [-0.3, -0.25) is 0 Å². The van der Waals surface area contributed by atoms with Crippen molar-refractivity contribution in [1.82, 2.24) is 15.0 Å². The second-order valence-corrected chi connectivity index (χ2v) is 4.58. The number of nitrogens with two attached hydrogens (primary N) is 1. The van der Waals surface area contributed by atoms with Gasteiger partial charge in [0.05, 0.1) is 6.10 Å². The highest BCUT2D eigenvalue weighted by atomic mass is 16.3. The number of aliphatic hydroxyl groups is 1. The Hall–Kier alpha value is -1.63. The average Bonchev–Trinajstić information content (AvgIpc) is 2.22. The third-order valence-corrected chi connectivity index (χ3v) is 2.80. The molecule has 0 aliphatic heterocycles. The van der Waals surface area contributed by atoms with Crippen molar-refractivity contribution in [3.63, 3.8) is 0 Å². The molecule has 0 spiro atoms. The normalized spacial score (nSPS) is 23.0. The predicted octanol–water partition coefficient (Wildman–Crippen LogP) is -0.297. The van der Waals surface area contributed by atoms with Crippen LogP contribution in [0, 0.1) is 5.92 Å². The number of nitrogens with one attached hydrogen (secondary N) is 1. The van der Waals surface area contributed by atoms with E-state index in [2.05, 4.69) is 20.3 Å². The summed E-state index contributed by atoms with van der Waals surface area (Å²) in [5.41, 5.74) is 5.60. The fraction of sp³-hybridized carbons (Fsp3) is 0.700. The van der Waals surface area contributed by atoms with Crippen LogP contribution in [0.15, 0.2) is 0 Å². The van der Waals surface area contributed by atoms with Gasteiger partial charge in [0, 0.05) is 20.6 Å². The second-order valence-electron chi connectivity index (χ2n) is 4.58. The van der Waals surface area contributed by atoms with Crippen LogP contribution in [0.5, 0.6) is 0 Å². The Balaban J connectivity index is 1.95. The minimum atomic E-state index is -0.137. The molecule has 17 heavy (non-hydrogen) atoms. The number of hydrogen-bond donors (Lipinski definition) is 3. The van der Waals surface area contributed by atoms with E-state index >= 15 is 0 Å². The first kappa shape index (κ1) is 11.8. The van der Waals surface area contributed by atoms with Gasteiger partial charge in [-0.15, -0.1) is 0 Å². The highest BCUT2D eigenvalue weighted by molar-refractivity contribution is 5.40. The quantitative estimate of drug-likeness (QED) is 0.662. The zero-order valence-electron chi connectivity index (χ0n) is 10.1. The lowest BCUT2D eigenvalue weighted by molar-refractivity contribution is 0.0486. The van der Waals surface area contributed by atoms with Gasteiger partial charge in [-0.2, -0.15) is 15.0 Å². The molecule has 0 atom stereocenters. The molecule has 1 aromatic heterocycles. The summed E-state index contributed by atoms with van der Waals surface area (Å²) in [6, 6.07) is 0. The molecule has 0 saturated heterocycles. The van der Waals surface area contributed by atoms with Gasteiger partial charge < -0.3 is 21.1 Å². The topological polar surface area (TPSA) is 100 Å². The third kappa shape index (κ3) is 2.94. The predicted molar refractivity (Wildman–Crippen MR) is 65.8 cm³/mol. The molecule has 1 aliphatic carbocycles. The van der Waals surface area contributed by atoms with Crippen molar-refractivity contribution in [2.45, 2.75) is 18.9 Å². The van der Waals surface area contributed by atoms with Crippen molar-refractivity contribution in [2.75, 3.05) is 36.6 Å². The molecule has 2 rings (SSSR count). The van der Waals surface area contributed by atoms with E-state index in [1.54, 1.807) is 4.90 Å². The van der Waals surface area contributed by atoms with Crippen LogP contribution in [0.4, 0.5) is 17.8 Å². The Kier molecular flexibility index (Phi) is 3.28.